The van der Waals surface area contributed by atoms with Gasteiger partial charge in [-0.1, -0.05) is 55.1 Å². The third-order valence-corrected chi connectivity index (χ3v) is 6.57. The van der Waals surface area contributed by atoms with Crippen LogP contribution in [0.4, 0.5) is 4.79 Å². The number of fused-ring (bicyclic) bond motifs is 1. The third-order valence-electron chi connectivity index (χ3n) is 6.57. The summed E-state index contributed by atoms with van der Waals surface area (Å²) in [7, 11) is 0. The largest absolute Gasteiger partial charge is 0.395 e. The SMILES string of the molecule is C=C1NC(=O)NC(C(=O)N[C@H](C)c2cccc(-c3cnn(CCC4=CCc5ccccc54)c3)c2)=C1N. The molecule has 36 heavy (non-hydrogen) atoms. The second-order valence-corrected chi connectivity index (χ2v) is 9.00. The zero-order valence-electron chi connectivity index (χ0n) is 20.0. The van der Waals surface area contributed by atoms with Crippen LogP contribution < -0.4 is 21.7 Å². The van der Waals surface area contributed by atoms with E-state index in [1.54, 1.807) is 0 Å². The Bertz CT molecular complexity index is 1430. The number of benzene rings is 2. The smallest absolute Gasteiger partial charge is 0.323 e. The van der Waals surface area contributed by atoms with E-state index < -0.39 is 11.9 Å². The number of aryl methyl sites for hydroxylation is 1. The number of hydrogen-bond donors (Lipinski definition) is 4. The average molecular weight is 481 g/mol. The van der Waals surface area contributed by atoms with Crippen molar-refractivity contribution in [2.75, 3.05) is 0 Å². The van der Waals surface area contributed by atoms with Crippen molar-refractivity contribution in [1.29, 1.82) is 0 Å². The van der Waals surface area contributed by atoms with Gasteiger partial charge < -0.3 is 21.7 Å². The molecule has 0 unspecified atom stereocenters. The topological polar surface area (TPSA) is 114 Å². The van der Waals surface area contributed by atoms with Gasteiger partial charge in [0.2, 0.25) is 0 Å². The minimum atomic E-state index is -0.542. The molecule has 0 saturated carbocycles. The number of amides is 3. The van der Waals surface area contributed by atoms with E-state index in [4.69, 9.17) is 5.73 Å². The van der Waals surface area contributed by atoms with Crippen molar-refractivity contribution in [3.05, 3.63) is 107 Å². The third kappa shape index (κ3) is 4.65. The van der Waals surface area contributed by atoms with Gasteiger partial charge in [0, 0.05) is 18.3 Å². The highest BCUT2D eigenvalue weighted by Gasteiger charge is 2.25. The summed E-state index contributed by atoms with van der Waals surface area (Å²) in [6.45, 7) is 6.34. The highest BCUT2D eigenvalue weighted by atomic mass is 16.2. The van der Waals surface area contributed by atoms with E-state index in [0.29, 0.717) is 0 Å². The van der Waals surface area contributed by atoms with Gasteiger partial charge in [-0.2, -0.15) is 5.10 Å². The minimum absolute atomic E-state index is 0.00645. The number of carbonyl (C=O) groups excluding carboxylic acids is 2. The Labute approximate surface area is 209 Å². The van der Waals surface area contributed by atoms with Gasteiger partial charge in [0.25, 0.3) is 5.91 Å². The van der Waals surface area contributed by atoms with Crippen LogP contribution in [0.1, 0.15) is 36.1 Å². The zero-order valence-corrected chi connectivity index (χ0v) is 20.0. The van der Waals surface area contributed by atoms with Crippen LogP contribution in [0.15, 0.2) is 90.7 Å². The highest BCUT2D eigenvalue weighted by molar-refractivity contribution is 6.00. The predicted octanol–water partition coefficient (Wildman–Crippen LogP) is 3.75. The molecule has 8 heteroatoms. The lowest BCUT2D eigenvalue weighted by atomic mass is 10.0. The molecular formula is C28H28N6O2. The molecule has 2 aliphatic rings. The van der Waals surface area contributed by atoms with E-state index in [1.807, 2.05) is 48.3 Å². The molecule has 2 aromatic carbocycles. The first kappa shape index (κ1) is 23.2. The Morgan fingerprint density at radius 3 is 2.89 bits per heavy atom. The lowest BCUT2D eigenvalue weighted by molar-refractivity contribution is -0.118. The molecule has 182 valence electrons. The van der Waals surface area contributed by atoms with Crippen LogP contribution in [0.5, 0.6) is 0 Å². The summed E-state index contributed by atoms with van der Waals surface area (Å²) in [5.74, 6) is -0.475. The van der Waals surface area contributed by atoms with Gasteiger partial charge in [-0.15, -0.1) is 0 Å². The average Bonchev–Trinajstić information content (AvgIpc) is 3.52. The number of nitrogens with one attached hydrogen (secondary N) is 3. The fourth-order valence-electron chi connectivity index (χ4n) is 4.55. The van der Waals surface area contributed by atoms with Crippen molar-refractivity contribution < 1.29 is 9.59 Å². The maximum Gasteiger partial charge on any atom is 0.323 e. The summed E-state index contributed by atoms with van der Waals surface area (Å²) in [5, 5.41) is 12.3. The number of nitrogens with zero attached hydrogens (tertiary/aromatic N) is 2. The summed E-state index contributed by atoms with van der Waals surface area (Å²) in [4.78, 5) is 24.5. The van der Waals surface area contributed by atoms with Crippen molar-refractivity contribution in [3.63, 3.8) is 0 Å². The van der Waals surface area contributed by atoms with Gasteiger partial charge in [-0.05, 0) is 53.7 Å². The fourth-order valence-corrected chi connectivity index (χ4v) is 4.55. The Balaban J connectivity index is 1.25. The number of carbonyl (C=O) groups is 2. The number of rotatable bonds is 7. The summed E-state index contributed by atoms with van der Waals surface area (Å²) in [6.07, 6.45) is 8.15. The van der Waals surface area contributed by atoms with Crippen molar-refractivity contribution in [2.24, 2.45) is 5.73 Å². The standard InChI is InChI=1S/C28H28N6O2/c1-17(31-27(35)26-25(29)18(2)32-28(36)33-26)21-7-5-8-22(14-21)23-15-30-34(16-23)13-12-20-11-10-19-6-3-4-9-24(19)20/h3-9,11,14-17H,2,10,12-13,29H2,1H3,(H,31,35)(H2,32,33,36)/t17-/m1/s1. The first-order chi connectivity index (χ1) is 17.4. The molecule has 1 aliphatic heterocycles. The van der Waals surface area contributed by atoms with E-state index >= 15 is 0 Å². The summed E-state index contributed by atoms with van der Waals surface area (Å²) in [6, 6.07) is 15.6. The molecule has 5 N–H and O–H groups in total. The van der Waals surface area contributed by atoms with Crippen LogP contribution in [0.2, 0.25) is 0 Å². The number of hydrogen-bond acceptors (Lipinski definition) is 4. The van der Waals surface area contributed by atoms with Crippen LogP contribution in [-0.4, -0.2) is 21.7 Å². The Morgan fingerprint density at radius 2 is 2.03 bits per heavy atom. The molecule has 0 saturated heterocycles. The second kappa shape index (κ2) is 9.58. The van der Waals surface area contributed by atoms with E-state index in [9.17, 15) is 9.59 Å². The number of nitrogens with two attached hydrogens (primary N) is 1. The molecule has 1 atom stereocenters. The Kier molecular flexibility index (Phi) is 6.16. The van der Waals surface area contributed by atoms with Gasteiger partial charge in [0.05, 0.1) is 23.6 Å². The van der Waals surface area contributed by atoms with Crippen molar-refractivity contribution in [2.45, 2.75) is 32.4 Å². The van der Waals surface area contributed by atoms with Gasteiger partial charge >= 0.3 is 6.03 Å². The monoisotopic (exact) mass is 480 g/mol. The van der Waals surface area contributed by atoms with Gasteiger partial charge in [-0.3, -0.25) is 9.48 Å². The molecule has 0 fully saturated rings. The molecular weight excluding hydrogens is 452 g/mol. The van der Waals surface area contributed by atoms with Crippen LogP contribution in [0, 0.1) is 0 Å². The van der Waals surface area contributed by atoms with E-state index in [2.05, 4.69) is 58.0 Å². The quantitative estimate of drug-likeness (QED) is 0.412. The number of urea groups is 1. The number of allylic oxidation sites excluding steroid dienone is 2. The van der Waals surface area contributed by atoms with Crippen molar-refractivity contribution in [3.8, 4) is 11.1 Å². The highest BCUT2D eigenvalue weighted by Crippen LogP contribution is 2.30. The summed E-state index contributed by atoms with van der Waals surface area (Å²) in [5.41, 5.74) is 13.3. The van der Waals surface area contributed by atoms with Crippen molar-refractivity contribution in [1.82, 2.24) is 25.7 Å². The zero-order chi connectivity index (χ0) is 25.2. The maximum absolute atomic E-state index is 12.7. The van der Waals surface area contributed by atoms with Gasteiger partial charge in [-0.25, -0.2) is 4.79 Å². The van der Waals surface area contributed by atoms with Gasteiger partial charge in [0.15, 0.2) is 0 Å². The van der Waals surface area contributed by atoms with Crippen LogP contribution in [0.25, 0.3) is 16.7 Å². The Hall–Kier alpha value is -4.59. The lowest BCUT2D eigenvalue weighted by Gasteiger charge is -2.22. The van der Waals surface area contributed by atoms with E-state index in [0.717, 1.165) is 36.1 Å². The van der Waals surface area contributed by atoms with Crippen molar-refractivity contribution >= 4 is 17.5 Å². The molecule has 3 aromatic rings. The predicted molar refractivity (Wildman–Crippen MR) is 139 cm³/mol. The maximum atomic E-state index is 12.7. The lowest BCUT2D eigenvalue weighted by Crippen LogP contribution is -2.47. The number of aromatic nitrogens is 2. The van der Waals surface area contributed by atoms with Gasteiger partial charge in [0.1, 0.15) is 5.70 Å². The molecule has 8 nitrogen and oxygen atoms in total. The molecule has 2 heterocycles. The molecule has 1 aromatic heterocycles. The van der Waals surface area contributed by atoms with Crippen LogP contribution in [-0.2, 0) is 17.8 Å². The molecule has 5 rings (SSSR count). The normalized spacial score (nSPS) is 15.6. The van der Waals surface area contributed by atoms with Crippen LogP contribution in [0.3, 0.4) is 0 Å². The summed E-state index contributed by atoms with van der Waals surface area (Å²) < 4.78 is 1.97. The van der Waals surface area contributed by atoms with E-state index in [1.165, 1.54) is 16.7 Å². The first-order valence-electron chi connectivity index (χ1n) is 11.9. The molecule has 0 spiro atoms. The first-order valence-corrected chi connectivity index (χ1v) is 11.9. The van der Waals surface area contributed by atoms with E-state index in [-0.39, 0.29) is 23.1 Å². The molecule has 1 aliphatic carbocycles. The fraction of sp³-hybridized carbons (Fsp3) is 0.179. The molecule has 3 amide bonds. The Morgan fingerprint density at radius 1 is 1.19 bits per heavy atom. The molecule has 0 radical (unpaired) electrons. The molecule has 0 bridgehead atoms. The summed E-state index contributed by atoms with van der Waals surface area (Å²) >= 11 is 0. The minimum Gasteiger partial charge on any atom is -0.395 e. The second-order valence-electron chi connectivity index (χ2n) is 9.00. The van der Waals surface area contributed by atoms with Crippen LogP contribution >= 0.6 is 0 Å².